The molecule has 1 aliphatic carbocycles. The van der Waals surface area contributed by atoms with E-state index in [-0.39, 0.29) is 5.97 Å². The number of hydrogen-bond acceptors (Lipinski definition) is 5. The van der Waals surface area contributed by atoms with Crippen molar-refractivity contribution < 1.29 is 9.53 Å². The molecular formula is C15H20N4O2. The molecule has 0 bridgehead atoms. The van der Waals surface area contributed by atoms with Crippen LogP contribution in [-0.2, 0) is 4.74 Å². The minimum absolute atomic E-state index is 0.324. The molecule has 6 nitrogen and oxygen atoms in total. The molecule has 2 heterocycles. The second-order valence-corrected chi connectivity index (χ2v) is 5.42. The standard InChI is InChI=1S/C15H20N4O2/c1-2-21-14(20)12-7-8-13-17-18-15(19(13)10-12)16-9-11-5-3-4-6-11/h7-8,10-11H,2-6,9H2,1H3,(H,16,18). The van der Waals surface area contributed by atoms with E-state index in [1.165, 1.54) is 25.7 Å². The van der Waals surface area contributed by atoms with Crippen molar-refractivity contribution in [3.63, 3.8) is 0 Å². The molecule has 112 valence electrons. The van der Waals surface area contributed by atoms with Gasteiger partial charge < -0.3 is 10.1 Å². The SMILES string of the molecule is CCOC(=O)c1ccc2nnc(NCC3CCCC3)n2c1. The van der Waals surface area contributed by atoms with E-state index in [4.69, 9.17) is 4.74 Å². The van der Waals surface area contributed by atoms with Crippen molar-refractivity contribution >= 4 is 17.6 Å². The fourth-order valence-electron chi connectivity index (χ4n) is 2.80. The monoisotopic (exact) mass is 288 g/mol. The highest BCUT2D eigenvalue weighted by Gasteiger charge is 2.16. The van der Waals surface area contributed by atoms with Crippen LogP contribution in [0.2, 0.25) is 0 Å². The van der Waals surface area contributed by atoms with Crippen LogP contribution in [0, 0.1) is 5.92 Å². The Morgan fingerprint density at radius 2 is 2.19 bits per heavy atom. The lowest BCUT2D eigenvalue weighted by atomic mass is 10.1. The average Bonchev–Trinajstić information content (AvgIpc) is 3.14. The van der Waals surface area contributed by atoms with Gasteiger partial charge in [0.05, 0.1) is 12.2 Å². The lowest BCUT2D eigenvalue weighted by Crippen LogP contribution is -2.13. The summed E-state index contributed by atoms with van der Waals surface area (Å²) in [5.41, 5.74) is 1.23. The summed E-state index contributed by atoms with van der Waals surface area (Å²) in [6.07, 6.45) is 6.92. The number of hydrogen-bond donors (Lipinski definition) is 1. The number of anilines is 1. The summed E-state index contributed by atoms with van der Waals surface area (Å²) in [7, 11) is 0. The van der Waals surface area contributed by atoms with Gasteiger partial charge in [-0.15, -0.1) is 10.2 Å². The van der Waals surface area contributed by atoms with Crippen LogP contribution in [0.5, 0.6) is 0 Å². The Labute approximate surface area is 123 Å². The second-order valence-electron chi connectivity index (χ2n) is 5.42. The van der Waals surface area contributed by atoms with Gasteiger partial charge in [0.2, 0.25) is 5.95 Å². The molecule has 1 fully saturated rings. The first-order valence-electron chi connectivity index (χ1n) is 7.53. The summed E-state index contributed by atoms with van der Waals surface area (Å²) in [6.45, 7) is 3.07. The van der Waals surface area contributed by atoms with Crippen LogP contribution >= 0.6 is 0 Å². The first-order valence-corrected chi connectivity index (χ1v) is 7.53. The van der Waals surface area contributed by atoms with Gasteiger partial charge in [0.15, 0.2) is 5.65 Å². The van der Waals surface area contributed by atoms with Gasteiger partial charge in [0.25, 0.3) is 0 Å². The maximum Gasteiger partial charge on any atom is 0.339 e. The predicted molar refractivity (Wildman–Crippen MR) is 79.4 cm³/mol. The number of carbonyl (C=O) groups excluding carboxylic acids is 1. The second kappa shape index (κ2) is 6.11. The fourth-order valence-corrected chi connectivity index (χ4v) is 2.80. The maximum atomic E-state index is 11.8. The minimum atomic E-state index is -0.324. The molecule has 0 aliphatic heterocycles. The summed E-state index contributed by atoms with van der Waals surface area (Å²) in [6, 6.07) is 3.49. The van der Waals surface area contributed by atoms with Crippen LogP contribution in [0.4, 0.5) is 5.95 Å². The molecule has 0 spiro atoms. The molecule has 1 saturated carbocycles. The minimum Gasteiger partial charge on any atom is -0.462 e. The summed E-state index contributed by atoms with van der Waals surface area (Å²) >= 11 is 0. The molecule has 0 saturated heterocycles. The quantitative estimate of drug-likeness (QED) is 0.856. The Hall–Kier alpha value is -2.11. The van der Waals surface area contributed by atoms with E-state index in [1.807, 2.05) is 0 Å². The highest BCUT2D eigenvalue weighted by Crippen LogP contribution is 2.24. The first kappa shape index (κ1) is 13.9. The number of fused-ring (bicyclic) bond motifs is 1. The van der Waals surface area contributed by atoms with E-state index in [1.54, 1.807) is 29.7 Å². The molecule has 0 atom stereocenters. The van der Waals surface area contributed by atoms with Crippen LogP contribution in [0.1, 0.15) is 43.0 Å². The Kier molecular flexibility index (Phi) is 4.03. The molecule has 2 aromatic heterocycles. The van der Waals surface area contributed by atoms with E-state index in [9.17, 15) is 4.79 Å². The molecule has 0 unspecified atom stereocenters. The zero-order valence-electron chi connectivity index (χ0n) is 12.2. The molecular weight excluding hydrogens is 268 g/mol. The van der Waals surface area contributed by atoms with Crippen molar-refractivity contribution in [2.45, 2.75) is 32.6 Å². The highest BCUT2D eigenvalue weighted by molar-refractivity contribution is 5.89. The van der Waals surface area contributed by atoms with E-state index in [2.05, 4.69) is 15.5 Å². The van der Waals surface area contributed by atoms with Crippen LogP contribution in [0.3, 0.4) is 0 Å². The van der Waals surface area contributed by atoms with Crippen molar-refractivity contribution in [2.24, 2.45) is 5.92 Å². The number of nitrogens with one attached hydrogen (secondary N) is 1. The molecule has 0 radical (unpaired) electrons. The van der Waals surface area contributed by atoms with E-state index < -0.39 is 0 Å². The molecule has 0 amide bonds. The van der Waals surface area contributed by atoms with Crippen molar-refractivity contribution in [1.82, 2.24) is 14.6 Å². The zero-order chi connectivity index (χ0) is 14.7. The van der Waals surface area contributed by atoms with Gasteiger partial charge in [-0.3, -0.25) is 4.40 Å². The van der Waals surface area contributed by atoms with Gasteiger partial charge in [-0.25, -0.2) is 4.79 Å². The van der Waals surface area contributed by atoms with Gasteiger partial charge in [-0.05, 0) is 37.8 Å². The van der Waals surface area contributed by atoms with Crippen LogP contribution < -0.4 is 5.32 Å². The molecule has 21 heavy (non-hydrogen) atoms. The maximum absolute atomic E-state index is 11.8. The van der Waals surface area contributed by atoms with Crippen molar-refractivity contribution in [3.8, 4) is 0 Å². The summed E-state index contributed by atoms with van der Waals surface area (Å²) in [5, 5.41) is 11.6. The first-order chi connectivity index (χ1) is 10.3. The third kappa shape index (κ3) is 2.99. The predicted octanol–water partition coefficient (Wildman–Crippen LogP) is 2.51. The number of esters is 1. The van der Waals surface area contributed by atoms with Crippen molar-refractivity contribution in [1.29, 1.82) is 0 Å². The van der Waals surface area contributed by atoms with E-state index in [0.29, 0.717) is 24.0 Å². The molecule has 3 rings (SSSR count). The molecule has 1 aliphatic rings. The number of rotatable bonds is 5. The van der Waals surface area contributed by atoms with Crippen LogP contribution in [0.15, 0.2) is 18.3 Å². The van der Waals surface area contributed by atoms with Gasteiger partial charge in [-0.2, -0.15) is 0 Å². The third-order valence-electron chi connectivity index (χ3n) is 3.94. The fraction of sp³-hybridized carbons (Fsp3) is 0.533. The lowest BCUT2D eigenvalue weighted by molar-refractivity contribution is 0.0526. The number of aromatic nitrogens is 3. The Morgan fingerprint density at radius 1 is 1.38 bits per heavy atom. The van der Waals surface area contributed by atoms with Gasteiger partial charge >= 0.3 is 5.97 Å². The zero-order valence-corrected chi connectivity index (χ0v) is 12.2. The Bertz CT molecular complexity index is 632. The van der Waals surface area contributed by atoms with Crippen molar-refractivity contribution in [2.75, 3.05) is 18.5 Å². The summed E-state index contributed by atoms with van der Waals surface area (Å²) in [5.74, 6) is 1.07. The summed E-state index contributed by atoms with van der Waals surface area (Å²) < 4.78 is 6.83. The molecule has 6 heteroatoms. The third-order valence-corrected chi connectivity index (χ3v) is 3.94. The van der Waals surface area contributed by atoms with Gasteiger partial charge in [-0.1, -0.05) is 12.8 Å². The summed E-state index contributed by atoms with van der Waals surface area (Å²) in [4.78, 5) is 11.8. The van der Waals surface area contributed by atoms with Gasteiger partial charge in [0.1, 0.15) is 0 Å². The van der Waals surface area contributed by atoms with Gasteiger partial charge in [0, 0.05) is 12.7 Å². The molecule has 2 aromatic rings. The number of pyridine rings is 1. The lowest BCUT2D eigenvalue weighted by Gasteiger charge is -2.10. The average molecular weight is 288 g/mol. The number of carbonyl (C=O) groups is 1. The largest absolute Gasteiger partial charge is 0.462 e. The number of ether oxygens (including phenoxy) is 1. The van der Waals surface area contributed by atoms with E-state index in [0.717, 1.165) is 12.2 Å². The van der Waals surface area contributed by atoms with Crippen LogP contribution in [0.25, 0.3) is 5.65 Å². The smallest absolute Gasteiger partial charge is 0.339 e. The molecule has 0 aromatic carbocycles. The highest BCUT2D eigenvalue weighted by atomic mass is 16.5. The van der Waals surface area contributed by atoms with E-state index >= 15 is 0 Å². The number of nitrogens with zero attached hydrogens (tertiary/aromatic N) is 3. The Morgan fingerprint density at radius 3 is 2.95 bits per heavy atom. The molecule has 1 N–H and O–H groups in total. The van der Waals surface area contributed by atoms with Crippen molar-refractivity contribution in [3.05, 3.63) is 23.9 Å². The Balaban J connectivity index is 1.78. The topological polar surface area (TPSA) is 68.5 Å². The normalized spacial score (nSPS) is 15.5. The van der Waals surface area contributed by atoms with Crippen LogP contribution in [-0.4, -0.2) is 33.7 Å².